The smallest absolute Gasteiger partial charge is 0.253 e. The number of hydrogen-bond donors (Lipinski definition) is 2. The lowest BCUT2D eigenvalue weighted by Gasteiger charge is -2.43. The molecule has 5 aliphatic rings. The van der Waals surface area contributed by atoms with E-state index in [1.165, 1.54) is 0 Å². The molecule has 0 spiro atoms. The van der Waals surface area contributed by atoms with E-state index in [1.54, 1.807) is 0 Å². The Bertz CT molecular complexity index is 1560. The zero-order valence-electron chi connectivity index (χ0n) is 27.2. The first kappa shape index (κ1) is 31.9. The molecule has 0 saturated carbocycles. The van der Waals surface area contributed by atoms with Crippen molar-refractivity contribution < 1.29 is 14.6 Å². The SMILES string of the molecule is CCC1C=C(Nc2ccc(C(=O)N3CCCC(N4CCOCC4)C3)cc2)N=C2C(N3CCC(O)(c4ccc(Cl)cc4)CC3)=CC=CN21. The lowest BCUT2D eigenvalue weighted by atomic mass is 9.84. The third kappa shape index (κ3) is 6.85. The second-order valence-corrected chi connectivity index (χ2v) is 13.6. The maximum Gasteiger partial charge on any atom is 0.253 e. The minimum Gasteiger partial charge on any atom is -0.385 e. The van der Waals surface area contributed by atoms with Crippen LogP contribution in [0, 0.1) is 0 Å². The van der Waals surface area contributed by atoms with Crippen molar-refractivity contribution in [1.29, 1.82) is 0 Å². The number of fused-ring (bicyclic) bond motifs is 1. The van der Waals surface area contributed by atoms with Gasteiger partial charge in [0.25, 0.3) is 5.91 Å². The highest BCUT2D eigenvalue weighted by Crippen LogP contribution is 2.36. The number of aliphatic imine (C=N–C) groups is 1. The van der Waals surface area contributed by atoms with E-state index >= 15 is 0 Å². The van der Waals surface area contributed by atoms with Gasteiger partial charge < -0.3 is 29.9 Å². The number of amides is 1. The largest absolute Gasteiger partial charge is 0.385 e. The molecule has 0 bridgehead atoms. The number of nitrogens with zero attached hydrogens (tertiary/aromatic N) is 5. The molecule has 2 atom stereocenters. The highest BCUT2D eigenvalue weighted by Gasteiger charge is 2.37. The molecule has 7 rings (SSSR count). The Morgan fingerprint density at radius 2 is 1.79 bits per heavy atom. The van der Waals surface area contributed by atoms with Gasteiger partial charge in [-0.3, -0.25) is 9.69 Å². The zero-order valence-corrected chi connectivity index (χ0v) is 27.9. The van der Waals surface area contributed by atoms with Crippen molar-refractivity contribution in [1.82, 2.24) is 19.6 Å². The Kier molecular flexibility index (Phi) is 9.41. The van der Waals surface area contributed by atoms with Gasteiger partial charge in [-0.2, -0.15) is 0 Å². The Balaban J connectivity index is 1.02. The fourth-order valence-electron chi connectivity index (χ4n) is 7.50. The monoisotopic (exact) mass is 656 g/mol. The Morgan fingerprint density at radius 1 is 1.04 bits per heavy atom. The summed E-state index contributed by atoms with van der Waals surface area (Å²) in [6, 6.07) is 15.9. The van der Waals surface area contributed by atoms with Gasteiger partial charge in [-0.1, -0.05) is 30.7 Å². The predicted molar refractivity (Wildman–Crippen MR) is 186 cm³/mol. The first-order valence-corrected chi connectivity index (χ1v) is 17.5. The average Bonchev–Trinajstić information content (AvgIpc) is 3.12. The van der Waals surface area contributed by atoms with Crippen LogP contribution in [0.25, 0.3) is 0 Å². The predicted octanol–water partition coefficient (Wildman–Crippen LogP) is 5.42. The van der Waals surface area contributed by atoms with E-state index in [-0.39, 0.29) is 11.9 Å². The van der Waals surface area contributed by atoms with Crippen LogP contribution < -0.4 is 5.32 Å². The van der Waals surface area contributed by atoms with Gasteiger partial charge in [0.15, 0.2) is 5.84 Å². The van der Waals surface area contributed by atoms with Crippen molar-refractivity contribution in [2.45, 2.75) is 56.7 Å². The summed E-state index contributed by atoms with van der Waals surface area (Å²) in [6.07, 6.45) is 12.8. The number of rotatable bonds is 7. The lowest BCUT2D eigenvalue weighted by molar-refractivity contribution is -0.0176. The Labute approximate surface area is 282 Å². The quantitative estimate of drug-likeness (QED) is 0.412. The second-order valence-electron chi connectivity index (χ2n) is 13.2. The molecule has 248 valence electrons. The van der Waals surface area contributed by atoms with Crippen LogP contribution in [0.15, 0.2) is 89.5 Å². The van der Waals surface area contributed by atoms with Crippen molar-refractivity contribution in [3.05, 3.63) is 101 Å². The van der Waals surface area contributed by atoms with Gasteiger partial charge in [0.05, 0.1) is 30.6 Å². The van der Waals surface area contributed by atoms with Crippen molar-refractivity contribution >= 4 is 29.0 Å². The van der Waals surface area contributed by atoms with Crippen LogP contribution in [0.1, 0.15) is 54.9 Å². The maximum atomic E-state index is 13.5. The average molecular weight is 657 g/mol. The number of morpholine rings is 1. The second kappa shape index (κ2) is 13.8. The van der Waals surface area contributed by atoms with Crippen LogP contribution in [-0.4, -0.2) is 101 Å². The van der Waals surface area contributed by atoms with Crippen LogP contribution in [0.3, 0.4) is 0 Å². The van der Waals surface area contributed by atoms with E-state index in [2.05, 4.69) is 51.4 Å². The summed E-state index contributed by atoms with van der Waals surface area (Å²) in [5, 5.41) is 15.7. The fraction of sp³-hybridized carbons (Fsp3) is 0.459. The number of likely N-dealkylation sites (tertiary alicyclic amines) is 2. The molecule has 3 saturated heterocycles. The van der Waals surface area contributed by atoms with Crippen molar-refractivity contribution in [3.63, 3.8) is 0 Å². The number of carbonyl (C=O) groups is 1. The van der Waals surface area contributed by atoms with Gasteiger partial charge in [-0.25, -0.2) is 4.99 Å². The number of nitrogens with one attached hydrogen (secondary N) is 1. The first-order chi connectivity index (χ1) is 22.9. The molecule has 2 aromatic rings. The third-order valence-corrected chi connectivity index (χ3v) is 10.5. The molecule has 47 heavy (non-hydrogen) atoms. The zero-order chi connectivity index (χ0) is 32.4. The number of anilines is 1. The molecule has 2 aromatic carbocycles. The number of carbonyl (C=O) groups excluding carboxylic acids is 1. The summed E-state index contributed by atoms with van der Waals surface area (Å²) in [5.41, 5.74) is 2.72. The highest BCUT2D eigenvalue weighted by atomic mass is 35.5. The molecule has 0 aromatic heterocycles. The van der Waals surface area contributed by atoms with Gasteiger partial charge in [-0.05, 0) is 92.3 Å². The number of amidine groups is 1. The number of allylic oxidation sites excluding steroid dienone is 2. The van der Waals surface area contributed by atoms with Gasteiger partial charge in [0.2, 0.25) is 0 Å². The summed E-state index contributed by atoms with van der Waals surface area (Å²) in [4.78, 5) is 27.7. The number of halogens is 1. The summed E-state index contributed by atoms with van der Waals surface area (Å²) < 4.78 is 5.53. The van der Waals surface area contributed by atoms with E-state index in [0.717, 1.165) is 87.3 Å². The molecule has 0 aliphatic carbocycles. The topological polar surface area (TPSA) is 83.9 Å². The van der Waals surface area contributed by atoms with Crippen LogP contribution >= 0.6 is 11.6 Å². The van der Waals surface area contributed by atoms with E-state index in [9.17, 15) is 9.90 Å². The third-order valence-electron chi connectivity index (χ3n) is 10.3. The minimum atomic E-state index is -0.870. The lowest BCUT2D eigenvalue weighted by Crippen LogP contribution is -2.52. The van der Waals surface area contributed by atoms with Crippen molar-refractivity contribution in [3.8, 4) is 0 Å². The number of piperidine rings is 2. The molecule has 10 heteroatoms. The van der Waals surface area contributed by atoms with E-state index in [0.29, 0.717) is 42.6 Å². The maximum absolute atomic E-state index is 13.5. The van der Waals surface area contributed by atoms with Crippen LogP contribution in [-0.2, 0) is 10.3 Å². The van der Waals surface area contributed by atoms with Gasteiger partial charge >= 0.3 is 0 Å². The summed E-state index contributed by atoms with van der Waals surface area (Å²) in [7, 11) is 0. The number of benzene rings is 2. The summed E-state index contributed by atoms with van der Waals surface area (Å²) >= 11 is 6.10. The normalized spacial score (nSPS) is 24.7. The van der Waals surface area contributed by atoms with Gasteiger partial charge in [0.1, 0.15) is 5.82 Å². The molecule has 3 fully saturated rings. The van der Waals surface area contributed by atoms with Crippen LogP contribution in [0.4, 0.5) is 5.69 Å². The molecule has 0 radical (unpaired) electrons. The molecule has 9 nitrogen and oxygen atoms in total. The highest BCUT2D eigenvalue weighted by molar-refractivity contribution is 6.30. The number of ether oxygens (including phenoxy) is 1. The molecule has 2 N–H and O–H groups in total. The van der Waals surface area contributed by atoms with Gasteiger partial charge in [-0.15, -0.1) is 0 Å². The molecule has 5 heterocycles. The van der Waals surface area contributed by atoms with Crippen molar-refractivity contribution in [2.75, 3.05) is 57.8 Å². The minimum absolute atomic E-state index is 0.0987. The molecule has 5 aliphatic heterocycles. The first-order valence-electron chi connectivity index (χ1n) is 17.1. The molecular weight excluding hydrogens is 612 g/mol. The van der Waals surface area contributed by atoms with Crippen LogP contribution in [0.2, 0.25) is 5.02 Å². The summed E-state index contributed by atoms with van der Waals surface area (Å²) in [5.74, 6) is 1.80. The van der Waals surface area contributed by atoms with E-state index in [1.807, 2.05) is 53.4 Å². The van der Waals surface area contributed by atoms with E-state index < -0.39 is 5.60 Å². The molecular formula is C37H45ClN6O3. The standard InChI is InChI=1S/C37H45ClN6O3/c1-2-31-25-34(39-30-13-7-27(8-14-30)36(45)43-17-3-5-32(26-43)41-21-23-47-24-22-41)40-35-33(6-4-18-44(31)35)42-19-15-37(46,16-20-42)28-9-11-29(38)12-10-28/h4,6-14,18,25,31-32,39,46H,2-3,5,15-17,19-24,26H2,1H3. The number of aliphatic hydroxyl groups is 1. The van der Waals surface area contributed by atoms with Gasteiger partial charge in [0, 0.05) is 67.8 Å². The number of hydrogen-bond acceptors (Lipinski definition) is 8. The Hall–Kier alpha value is -3.63. The Morgan fingerprint density at radius 3 is 2.51 bits per heavy atom. The summed E-state index contributed by atoms with van der Waals surface area (Å²) in [6.45, 7) is 8.65. The van der Waals surface area contributed by atoms with Crippen molar-refractivity contribution in [2.24, 2.45) is 4.99 Å². The molecule has 2 unspecified atom stereocenters. The molecule has 1 amide bonds. The van der Waals surface area contributed by atoms with E-state index in [4.69, 9.17) is 21.3 Å². The fourth-order valence-corrected chi connectivity index (χ4v) is 7.63. The van der Waals surface area contributed by atoms with Crippen LogP contribution in [0.5, 0.6) is 0 Å².